The van der Waals surface area contributed by atoms with E-state index in [9.17, 15) is 0 Å². The van der Waals surface area contributed by atoms with Gasteiger partial charge >= 0.3 is 0 Å². The van der Waals surface area contributed by atoms with Crippen molar-refractivity contribution in [2.75, 3.05) is 12.8 Å². The van der Waals surface area contributed by atoms with Gasteiger partial charge in [0, 0.05) is 5.75 Å². The lowest BCUT2D eigenvalue weighted by Gasteiger charge is -2.03. The highest BCUT2D eigenvalue weighted by atomic mass is 32.2. The molecule has 0 spiro atoms. The third-order valence-corrected chi connectivity index (χ3v) is 4.78. The summed E-state index contributed by atoms with van der Waals surface area (Å²) in [6.45, 7) is 6.10. The molecular formula is C19H39NS. The molecule has 0 fully saturated rings. The smallest absolute Gasteiger partial charge is 0.00785 e. The molecule has 0 heterocycles. The average Bonchev–Trinajstić information content (AvgIpc) is 2.46. The van der Waals surface area contributed by atoms with Gasteiger partial charge in [0.25, 0.3) is 0 Å². The largest absolute Gasteiger partial charge is 0.267 e. The molecule has 0 unspecified atom stereocenters. The Labute approximate surface area is 138 Å². The number of rotatable bonds is 17. The molecule has 0 aromatic heterocycles. The third-order valence-electron chi connectivity index (χ3n) is 3.99. The van der Waals surface area contributed by atoms with Crippen LogP contribution in [0, 0.1) is 0 Å². The van der Waals surface area contributed by atoms with Crippen LogP contribution in [0.25, 0.3) is 0 Å². The molecule has 0 aliphatic heterocycles. The van der Waals surface area contributed by atoms with Gasteiger partial charge in [0.15, 0.2) is 0 Å². The van der Waals surface area contributed by atoms with E-state index in [1.165, 1.54) is 101 Å². The van der Waals surface area contributed by atoms with E-state index in [1.54, 1.807) is 0 Å². The summed E-state index contributed by atoms with van der Waals surface area (Å²) in [7, 11) is 2.01. The van der Waals surface area contributed by atoms with Crippen molar-refractivity contribution in [2.45, 2.75) is 96.8 Å². The standard InChI is InChI=1S/C19H39NS/c1-19(2)17-15-13-11-9-7-5-4-6-8-10-12-14-16-18-21-20-3/h20H,1,4-18H2,2-3H3. The van der Waals surface area contributed by atoms with E-state index >= 15 is 0 Å². The van der Waals surface area contributed by atoms with E-state index in [-0.39, 0.29) is 0 Å². The Morgan fingerprint density at radius 2 is 1.10 bits per heavy atom. The molecular weight excluding hydrogens is 274 g/mol. The van der Waals surface area contributed by atoms with Gasteiger partial charge in [-0.05, 0) is 33.2 Å². The second kappa shape index (κ2) is 18.1. The van der Waals surface area contributed by atoms with Crippen LogP contribution < -0.4 is 4.72 Å². The molecule has 1 nitrogen and oxygen atoms in total. The topological polar surface area (TPSA) is 12.0 Å². The second-order valence-electron chi connectivity index (χ2n) is 6.36. The van der Waals surface area contributed by atoms with Crippen LogP contribution in [-0.4, -0.2) is 12.8 Å². The highest BCUT2D eigenvalue weighted by Gasteiger charge is 1.94. The first-order chi connectivity index (χ1) is 10.3. The molecule has 0 radical (unpaired) electrons. The molecule has 0 aliphatic rings. The fourth-order valence-corrected chi connectivity index (χ4v) is 3.20. The molecule has 0 saturated heterocycles. The van der Waals surface area contributed by atoms with Crippen molar-refractivity contribution in [3.63, 3.8) is 0 Å². The molecule has 0 aliphatic carbocycles. The minimum Gasteiger partial charge on any atom is -0.267 e. The van der Waals surface area contributed by atoms with Gasteiger partial charge in [-0.1, -0.05) is 88.2 Å². The third kappa shape index (κ3) is 20.1. The lowest BCUT2D eigenvalue weighted by Crippen LogP contribution is -1.93. The maximum absolute atomic E-state index is 3.96. The van der Waals surface area contributed by atoms with Gasteiger partial charge < -0.3 is 0 Å². The minimum atomic E-state index is 1.23. The summed E-state index contributed by atoms with van der Waals surface area (Å²) in [6, 6.07) is 0. The molecule has 21 heavy (non-hydrogen) atoms. The van der Waals surface area contributed by atoms with Crippen LogP contribution in [0.5, 0.6) is 0 Å². The maximum Gasteiger partial charge on any atom is 0.00785 e. The van der Waals surface area contributed by atoms with Gasteiger partial charge in [-0.15, -0.1) is 6.58 Å². The van der Waals surface area contributed by atoms with Gasteiger partial charge in [0.05, 0.1) is 0 Å². The molecule has 0 atom stereocenters. The number of hydrogen-bond donors (Lipinski definition) is 1. The van der Waals surface area contributed by atoms with Crippen molar-refractivity contribution in [1.82, 2.24) is 4.72 Å². The van der Waals surface area contributed by atoms with Crippen LogP contribution in [0.15, 0.2) is 12.2 Å². The Morgan fingerprint density at radius 3 is 1.48 bits per heavy atom. The van der Waals surface area contributed by atoms with Crippen molar-refractivity contribution >= 4 is 11.9 Å². The molecule has 1 N–H and O–H groups in total. The molecule has 126 valence electrons. The summed E-state index contributed by atoms with van der Waals surface area (Å²) >= 11 is 1.84. The van der Waals surface area contributed by atoms with E-state index in [4.69, 9.17) is 0 Å². The van der Waals surface area contributed by atoms with Crippen molar-refractivity contribution in [3.8, 4) is 0 Å². The Bertz CT molecular complexity index is 216. The highest BCUT2D eigenvalue weighted by molar-refractivity contribution is 7.97. The van der Waals surface area contributed by atoms with Crippen LogP contribution >= 0.6 is 11.9 Å². The summed E-state index contributed by atoms with van der Waals surface area (Å²) in [5, 5.41) is 0. The molecule has 0 rings (SSSR count). The Kier molecular flexibility index (Phi) is 18.1. The van der Waals surface area contributed by atoms with Crippen molar-refractivity contribution in [3.05, 3.63) is 12.2 Å². The molecule has 2 heteroatoms. The van der Waals surface area contributed by atoms with Gasteiger partial charge in [-0.2, -0.15) is 0 Å². The highest BCUT2D eigenvalue weighted by Crippen LogP contribution is 2.14. The van der Waals surface area contributed by atoms with Crippen LogP contribution in [0.3, 0.4) is 0 Å². The van der Waals surface area contributed by atoms with Gasteiger partial charge in [0.2, 0.25) is 0 Å². The molecule has 0 aromatic carbocycles. The summed E-state index contributed by atoms with van der Waals surface area (Å²) in [5.74, 6) is 1.27. The fourth-order valence-electron chi connectivity index (χ4n) is 2.65. The van der Waals surface area contributed by atoms with Crippen molar-refractivity contribution in [2.24, 2.45) is 0 Å². The lowest BCUT2D eigenvalue weighted by molar-refractivity contribution is 0.539. The predicted molar refractivity (Wildman–Crippen MR) is 101 cm³/mol. The predicted octanol–water partition coefficient (Wildman–Crippen LogP) is 6.89. The maximum atomic E-state index is 3.96. The first-order valence-electron chi connectivity index (χ1n) is 9.20. The van der Waals surface area contributed by atoms with Crippen LogP contribution in [-0.2, 0) is 0 Å². The van der Waals surface area contributed by atoms with E-state index in [2.05, 4.69) is 18.2 Å². The second-order valence-corrected chi connectivity index (χ2v) is 7.46. The van der Waals surface area contributed by atoms with Crippen molar-refractivity contribution in [1.29, 1.82) is 0 Å². The van der Waals surface area contributed by atoms with E-state index in [1.807, 2.05) is 19.0 Å². The normalized spacial score (nSPS) is 11.0. The zero-order valence-corrected chi connectivity index (χ0v) is 15.5. The number of unbranched alkanes of at least 4 members (excludes halogenated alkanes) is 12. The van der Waals surface area contributed by atoms with Crippen LogP contribution in [0.2, 0.25) is 0 Å². The van der Waals surface area contributed by atoms with E-state index in [0.717, 1.165) is 0 Å². The quantitative estimate of drug-likeness (QED) is 0.178. The number of allylic oxidation sites excluding steroid dienone is 1. The monoisotopic (exact) mass is 313 g/mol. The Balaban J connectivity index is 2.95. The average molecular weight is 314 g/mol. The first kappa shape index (κ1) is 21.0. The van der Waals surface area contributed by atoms with Gasteiger partial charge in [-0.3, -0.25) is 4.72 Å². The number of nitrogens with one attached hydrogen (secondary N) is 1. The Morgan fingerprint density at radius 1 is 0.714 bits per heavy atom. The molecule has 0 saturated carbocycles. The van der Waals surface area contributed by atoms with Gasteiger partial charge in [-0.25, -0.2) is 0 Å². The Hall–Kier alpha value is 0.0500. The summed E-state index contributed by atoms with van der Waals surface area (Å²) in [4.78, 5) is 0. The van der Waals surface area contributed by atoms with E-state index in [0.29, 0.717) is 0 Å². The minimum absolute atomic E-state index is 1.23. The zero-order chi connectivity index (χ0) is 15.6. The molecule has 0 bridgehead atoms. The molecule has 0 aromatic rings. The number of hydrogen-bond acceptors (Lipinski definition) is 2. The summed E-state index contributed by atoms with van der Waals surface area (Å²) < 4.78 is 3.13. The van der Waals surface area contributed by atoms with Crippen molar-refractivity contribution < 1.29 is 0 Å². The lowest BCUT2D eigenvalue weighted by atomic mass is 10.0. The van der Waals surface area contributed by atoms with Gasteiger partial charge in [0.1, 0.15) is 0 Å². The summed E-state index contributed by atoms with van der Waals surface area (Å²) in [5.41, 5.74) is 1.34. The SMILES string of the molecule is C=C(C)CCCCCCCCCCCCCCCSNC. The molecule has 0 amide bonds. The van der Waals surface area contributed by atoms with Crippen LogP contribution in [0.1, 0.15) is 96.8 Å². The zero-order valence-electron chi connectivity index (χ0n) is 14.7. The summed E-state index contributed by atoms with van der Waals surface area (Å²) in [6.07, 6.45) is 19.8. The van der Waals surface area contributed by atoms with E-state index < -0.39 is 0 Å². The van der Waals surface area contributed by atoms with Crippen LogP contribution in [0.4, 0.5) is 0 Å². The first-order valence-corrected chi connectivity index (χ1v) is 10.2. The fraction of sp³-hybridized carbons (Fsp3) is 0.895.